The molecule has 2 aromatic carbocycles. The van der Waals surface area contributed by atoms with Gasteiger partial charge in [-0.3, -0.25) is 10.1 Å². The zero-order valence-corrected chi connectivity index (χ0v) is 15.8. The van der Waals surface area contributed by atoms with Crippen LogP contribution in [0.25, 0.3) is 15.9 Å². The van der Waals surface area contributed by atoms with Crippen molar-refractivity contribution in [2.45, 2.75) is 13.3 Å². The molecule has 136 valence electrons. The first-order valence-corrected chi connectivity index (χ1v) is 9.39. The van der Waals surface area contributed by atoms with Gasteiger partial charge in [-0.2, -0.15) is 5.10 Å². The number of methoxy groups -OCH3 is 1. The van der Waals surface area contributed by atoms with Gasteiger partial charge in [-0.1, -0.05) is 36.5 Å². The van der Waals surface area contributed by atoms with Crippen LogP contribution in [0.15, 0.2) is 54.7 Å². The highest BCUT2D eigenvalue weighted by atomic mass is 32.1. The number of amides is 1. The molecule has 2 heterocycles. The molecule has 0 spiro atoms. The minimum Gasteiger partial charge on any atom is -0.497 e. The van der Waals surface area contributed by atoms with Crippen LogP contribution in [-0.2, 0) is 6.42 Å². The Labute approximate surface area is 160 Å². The number of hydrogen-bond acceptors (Lipinski definition) is 5. The van der Waals surface area contributed by atoms with Crippen LogP contribution < -0.4 is 10.1 Å². The fraction of sp³-hybridized carbons (Fsp3) is 0.150. The summed E-state index contributed by atoms with van der Waals surface area (Å²) in [5.74, 6) is 0.557. The maximum absolute atomic E-state index is 12.8. The van der Waals surface area contributed by atoms with E-state index in [0.717, 1.165) is 27.3 Å². The lowest BCUT2D eigenvalue weighted by Crippen LogP contribution is -2.14. The van der Waals surface area contributed by atoms with Crippen molar-refractivity contribution in [3.63, 3.8) is 0 Å². The molecule has 27 heavy (non-hydrogen) atoms. The molecule has 0 saturated carbocycles. The summed E-state index contributed by atoms with van der Waals surface area (Å²) in [5.41, 5.74) is 3.17. The first-order valence-electron chi connectivity index (χ1n) is 8.58. The van der Waals surface area contributed by atoms with Gasteiger partial charge in [0.15, 0.2) is 5.13 Å². The lowest BCUT2D eigenvalue weighted by atomic mass is 10.2. The Kier molecular flexibility index (Phi) is 4.60. The van der Waals surface area contributed by atoms with E-state index < -0.39 is 0 Å². The van der Waals surface area contributed by atoms with E-state index in [1.807, 2.05) is 55.5 Å². The molecule has 2 aromatic heterocycles. The highest BCUT2D eigenvalue weighted by Crippen LogP contribution is 2.29. The molecule has 0 unspecified atom stereocenters. The zero-order valence-electron chi connectivity index (χ0n) is 15.0. The lowest BCUT2D eigenvalue weighted by molar-refractivity contribution is 0.102. The molecule has 0 aliphatic heterocycles. The van der Waals surface area contributed by atoms with Crippen LogP contribution >= 0.6 is 11.3 Å². The van der Waals surface area contributed by atoms with Crippen molar-refractivity contribution in [2.75, 3.05) is 12.4 Å². The fourth-order valence-electron chi connectivity index (χ4n) is 2.95. The maximum Gasteiger partial charge on any atom is 0.260 e. The summed E-state index contributed by atoms with van der Waals surface area (Å²) >= 11 is 1.42. The monoisotopic (exact) mass is 378 g/mol. The number of benzene rings is 2. The molecule has 0 fully saturated rings. The maximum atomic E-state index is 12.8. The van der Waals surface area contributed by atoms with Crippen molar-refractivity contribution in [1.29, 1.82) is 0 Å². The van der Waals surface area contributed by atoms with Gasteiger partial charge in [-0.25, -0.2) is 9.67 Å². The van der Waals surface area contributed by atoms with Gasteiger partial charge in [0.2, 0.25) is 0 Å². The molecule has 0 aliphatic rings. The second kappa shape index (κ2) is 7.20. The van der Waals surface area contributed by atoms with Crippen molar-refractivity contribution in [1.82, 2.24) is 14.8 Å². The van der Waals surface area contributed by atoms with Crippen LogP contribution in [0.4, 0.5) is 5.13 Å². The van der Waals surface area contributed by atoms with E-state index in [-0.39, 0.29) is 5.91 Å². The third-order valence-electron chi connectivity index (χ3n) is 4.27. The first-order chi connectivity index (χ1) is 13.2. The third-order valence-corrected chi connectivity index (χ3v) is 5.20. The molecule has 0 saturated heterocycles. The molecule has 7 heteroatoms. The van der Waals surface area contributed by atoms with Crippen LogP contribution in [0.2, 0.25) is 0 Å². The number of carbonyl (C=O) groups is 1. The van der Waals surface area contributed by atoms with Crippen molar-refractivity contribution in [3.8, 4) is 11.4 Å². The largest absolute Gasteiger partial charge is 0.497 e. The van der Waals surface area contributed by atoms with Crippen LogP contribution in [0.3, 0.4) is 0 Å². The smallest absolute Gasteiger partial charge is 0.260 e. The van der Waals surface area contributed by atoms with Crippen LogP contribution in [-0.4, -0.2) is 27.8 Å². The molecular weight excluding hydrogens is 360 g/mol. The Morgan fingerprint density at radius 3 is 2.78 bits per heavy atom. The van der Waals surface area contributed by atoms with E-state index in [4.69, 9.17) is 4.74 Å². The number of nitrogens with zero attached hydrogens (tertiary/aromatic N) is 3. The highest BCUT2D eigenvalue weighted by molar-refractivity contribution is 7.22. The fourth-order valence-corrected chi connectivity index (χ4v) is 3.83. The quantitative estimate of drug-likeness (QED) is 0.562. The van der Waals surface area contributed by atoms with Gasteiger partial charge < -0.3 is 4.74 Å². The van der Waals surface area contributed by atoms with E-state index in [1.165, 1.54) is 11.3 Å². The van der Waals surface area contributed by atoms with Crippen LogP contribution in [0.1, 0.15) is 23.0 Å². The Morgan fingerprint density at radius 2 is 2.04 bits per heavy atom. The SMILES string of the molecule is CCc1c(C(=O)Nc2nc3ccc(OC)cc3s2)cnn1-c1ccccc1. The van der Waals surface area contributed by atoms with Crippen LogP contribution in [0.5, 0.6) is 5.75 Å². The summed E-state index contributed by atoms with van der Waals surface area (Å²) in [6.07, 6.45) is 2.30. The number of thiazole rings is 1. The minimum absolute atomic E-state index is 0.208. The topological polar surface area (TPSA) is 69.0 Å². The van der Waals surface area contributed by atoms with Crippen molar-refractivity contribution >= 4 is 32.6 Å². The molecule has 1 amide bonds. The number of para-hydroxylation sites is 1. The number of carbonyl (C=O) groups excluding carboxylic acids is 1. The Morgan fingerprint density at radius 1 is 1.22 bits per heavy atom. The number of nitrogens with one attached hydrogen (secondary N) is 1. The van der Waals surface area contributed by atoms with Gasteiger partial charge in [0.05, 0.1) is 40.5 Å². The number of anilines is 1. The second-order valence-corrected chi connectivity index (χ2v) is 6.94. The van der Waals surface area contributed by atoms with Gasteiger partial charge in [0.1, 0.15) is 5.75 Å². The van der Waals surface area contributed by atoms with E-state index in [9.17, 15) is 4.79 Å². The summed E-state index contributed by atoms with van der Waals surface area (Å²) in [6.45, 7) is 2.01. The van der Waals surface area contributed by atoms with Crippen molar-refractivity contribution < 1.29 is 9.53 Å². The number of aromatic nitrogens is 3. The van der Waals surface area contributed by atoms with Gasteiger partial charge in [-0.05, 0) is 36.8 Å². The predicted octanol–water partition coefficient (Wildman–Crippen LogP) is 4.31. The normalized spacial score (nSPS) is 10.9. The average molecular weight is 378 g/mol. The summed E-state index contributed by atoms with van der Waals surface area (Å²) < 4.78 is 8.00. The molecule has 0 atom stereocenters. The summed E-state index contributed by atoms with van der Waals surface area (Å²) in [7, 11) is 1.63. The summed E-state index contributed by atoms with van der Waals surface area (Å²) in [6, 6.07) is 15.4. The third kappa shape index (κ3) is 3.29. The summed E-state index contributed by atoms with van der Waals surface area (Å²) in [5, 5.41) is 7.86. The van der Waals surface area contributed by atoms with Gasteiger partial charge in [0.25, 0.3) is 5.91 Å². The molecule has 0 aliphatic carbocycles. The molecule has 0 bridgehead atoms. The lowest BCUT2D eigenvalue weighted by Gasteiger charge is -2.07. The highest BCUT2D eigenvalue weighted by Gasteiger charge is 2.18. The van der Waals surface area contributed by atoms with E-state index in [2.05, 4.69) is 15.4 Å². The Hall–Kier alpha value is -3.19. The molecular formula is C20H18N4O2S. The molecule has 4 aromatic rings. The van der Waals surface area contributed by atoms with Gasteiger partial charge >= 0.3 is 0 Å². The van der Waals surface area contributed by atoms with E-state index in [1.54, 1.807) is 18.0 Å². The molecule has 4 rings (SSSR count). The molecule has 6 nitrogen and oxygen atoms in total. The Bertz CT molecular complexity index is 1100. The number of ether oxygens (including phenoxy) is 1. The zero-order chi connectivity index (χ0) is 18.8. The number of rotatable bonds is 5. The van der Waals surface area contributed by atoms with E-state index in [0.29, 0.717) is 17.1 Å². The minimum atomic E-state index is -0.208. The first kappa shape index (κ1) is 17.2. The van der Waals surface area contributed by atoms with Gasteiger partial charge in [0, 0.05) is 0 Å². The number of hydrogen-bond donors (Lipinski definition) is 1. The Balaban J connectivity index is 1.63. The van der Waals surface area contributed by atoms with E-state index >= 15 is 0 Å². The second-order valence-electron chi connectivity index (χ2n) is 5.91. The summed E-state index contributed by atoms with van der Waals surface area (Å²) in [4.78, 5) is 17.3. The average Bonchev–Trinajstić information content (AvgIpc) is 3.31. The van der Waals surface area contributed by atoms with Crippen molar-refractivity contribution in [3.05, 3.63) is 66.0 Å². The standard InChI is InChI=1S/C20H18N4O2S/c1-3-17-15(12-21-24(17)13-7-5-4-6-8-13)19(25)23-20-22-16-10-9-14(26-2)11-18(16)27-20/h4-12H,3H2,1-2H3,(H,22,23,25). The predicted molar refractivity (Wildman–Crippen MR) is 107 cm³/mol. The van der Waals surface area contributed by atoms with Gasteiger partial charge in [-0.15, -0.1) is 0 Å². The number of fused-ring (bicyclic) bond motifs is 1. The molecule has 1 N–H and O–H groups in total. The molecule has 0 radical (unpaired) electrons. The van der Waals surface area contributed by atoms with Crippen molar-refractivity contribution in [2.24, 2.45) is 0 Å². The van der Waals surface area contributed by atoms with Crippen LogP contribution in [0, 0.1) is 0 Å².